The van der Waals surface area contributed by atoms with Gasteiger partial charge in [0.05, 0.1) is 28.9 Å². The average Bonchev–Trinajstić information content (AvgIpc) is 3.16. The van der Waals surface area contributed by atoms with Crippen molar-refractivity contribution >= 4 is 56.3 Å². The Balaban J connectivity index is 1.63. The molecule has 1 amide bonds. The Labute approximate surface area is 222 Å². The van der Waals surface area contributed by atoms with E-state index in [4.69, 9.17) is 14.6 Å². The maximum absolute atomic E-state index is 13.2. The molecule has 2 heterocycles. The van der Waals surface area contributed by atoms with Gasteiger partial charge < -0.3 is 19.5 Å². The molecule has 37 heavy (non-hydrogen) atoms. The van der Waals surface area contributed by atoms with Crippen molar-refractivity contribution in [3.63, 3.8) is 0 Å². The molecule has 0 spiro atoms. The number of fused-ring (bicyclic) bond motifs is 2. The Bertz CT molecular complexity index is 1280. The molecule has 0 saturated heterocycles. The van der Waals surface area contributed by atoms with Gasteiger partial charge in [0.2, 0.25) is 12.7 Å². The van der Waals surface area contributed by atoms with Crippen molar-refractivity contribution < 1.29 is 33.8 Å². The highest BCUT2D eigenvalue weighted by atomic mass is 79.9. The van der Waals surface area contributed by atoms with Crippen LogP contribution in [-0.4, -0.2) is 82.9 Å². The molecule has 0 bridgehead atoms. The van der Waals surface area contributed by atoms with E-state index in [2.05, 4.69) is 26.9 Å². The quantitative estimate of drug-likeness (QED) is 0.375. The Hall–Kier alpha value is -3.18. The van der Waals surface area contributed by atoms with Gasteiger partial charge in [0, 0.05) is 31.1 Å². The Morgan fingerprint density at radius 1 is 1.14 bits per heavy atom. The van der Waals surface area contributed by atoms with Gasteiger partial charge in [-0.3, -0.25) is 19.3 Å². The number of aromatic nitrogens is 1. The fourth-order valence-corrected chi connectivity index (χ4v) is 5.88. The van der Waals surface area contributed by atoms with Crippen LogP contribution < -0.4 is 0 Å². The highest BCUT2D eigenvalue weighted by molar-refractivity contribution is 9.10. The zero-order chi connectivity index (χ0) is 26.9. The van der Waals surface area contributed by atoms with Crippen LogP contribution >= 0.6 is 15.9 Å². The molecule has 198 valence electrons. The number of carboxylic acids is 1. The molecule has 0 saturated carbocycles. The van der Waals surface area contributed by atoms with Crippen molar-refractivity contribution in [1.82, 2.24) is 14.4 Å². The Morgan fingerprint density at radius 2 is 1.86 bits per heavy atom. The minimum Gasteiger partial charge on any atom is -0.481 e. The summed E-state index contributed by atoms with van der Waals surface area (Å²) in [4.78, 5) is 52.4. The zero-order valence-corrected chi connectivity index (χ0v) is 22.6. The SMILES string of the molecule is CCN(CC)C(=O)C1C=C2c3cccc4c3c(c(Br)n4C(=O)OCOC(=O)CCC(=O)O)CC2N(C)C1. The number of nitrogens with zero attached hydrogens (tertiary/aromatic N) is 3. The molecule has 2 aliphatic rings. The van der Waals surface area contributed by atoms with E-state index >= 15 is 0 Å². The summed E-state index contributed by atoms with van der Waals surface area (Å²) in [7, 11) is 2.02. The summed E-state index contributed by atoms with van der Waals surface area (Å²) in [5, 5.41) is 9.58. The number of amides is 1. The van der Waals surface area contributed by atoms with Gasteiger partial charge in [-0.25, -0.2) is 9.36 Å². The first-order valence-corrected chi connectivity index (χ1v) is 13.0. The molecule has 1 aliphatic carbocycles. The first kappa shape index (κ1) is 26.9. The number of aliphatic carboxylic acids is 1. The smallest absolute Gasteiger partial charge is 0.422 e. The molecule has 11 heteroatoms. The summed E-state index contributed by atoms with van der Waals surface area (Å²) in [5.74, 6) is -2.02. The van der Waals surface area contributed by atoms with Crippen LogP contribution in [0.25, 0.3) is 16.5 Å². The number of benzene rings is 1. The average molecular weight is 576 g/mol. The van der Waals surface area contributed by atoms with E-state index < -0.39 is 24.8 Å². The first-order valence-electron chi connectivity index (χ1n) is 12.2. The fraction of sp³-hybridized carbons (Fsp3) is 0.462. The number of likely N-dealkylation sites (N-methyl/N-ethyl adjacent to an activating group) is 1. The van der Waals surface area contributed by atoms with Gasteiger partial charge in [-0.05, 0) is 66.0 Å². The van der Waals surface area contributed by atoms with Gasteiger partial charge >= 0.3 is 18.0 Å². The molecular weight excluding hydrogens is 546 g/mol. The topological polar surface area (TPSA) is 118 Å². The minimum atomic E-state index is -1.12. The highest BCUT2D eigenvalue weighted by Gasteiger charge is 2.38. The van der Waals surface area contributed by atoms with E-state index in [1.807, 2.05) is 44.0 Å². The first-order chi connectivity index (χ1) is 17.7. The van der Waals surface area contributed by atoms with Crippen LogP contribution in [0.5, 0.6) is 0 Å². The number of carboxylic acid groups (broad SMARTS) is 1. The van der Waals surface area contributed by atoms with Gasteiger partial charge in [0.15, 0.2) is 0 Å². The third-order valence-electron chi connectivity index (χ3n) is 7.02. The fourth-order valence-electron chi connectivity index (χ4n) is 5.19. The number of hydrogen-bond acceptors (Lipinski definition) is 7. The van der Waals surface area contributed by atoms with Crippen LogP contribution in [-0.2, 0) is 30.3 Å². The van der Waals surface area contributed by atoms with Crippen molar-refractivity contribution in [2.45, 2.75) is 39.2 Å². The van der Waals surface area contributed by atoms with Crippen LogP contribution in [0.2, 0.25) is 0 Å². The monoisotopic (exact) mass is 575 g/mol. The third-order valence-corrected chi connectivity index (χ3v) is 7.85. The third kappa shape index (κ3) is 5.15. The molecule has 4 rings (SSSR count). The van der Waals surface area contributed by atoms with Gasteiger partial charge in [0.1, 0.15) is 0 Å². The van der Waals surface area contributed by atoms with Crippen molar-refractivity contribution in [3.8, 4) is 0 Å². The minimum absolute atomic E-state index is 0.0530. The molecule has 2 aromatic rings. The second-order valence-corrected chi connectivity index (χ2v) is 9.89. The number of halogens is 1. The number of carbonyl (C=O) groups excluding carboxylic acids is 3. The number of hydrogen-bond donors (Lipinski definition) is 1. The number of carbonyl (C=O) groups is 4. The van der Waals surface area contributed by atoms with Crippen LogP contribution in [0.3, 0.4) is 0 Å². The van der Waals surface area contributed by atoms with E-state index in [9.17, 15) is 19.2 Å². The standard InChI is InChI=1S/C26H30BrN3O7/c1-4-29(5-2)25(34)15-11-17-16-7-6-8-19-23(16)18(12-20(17)28(3)13-15)24(27)30(19)26(35)37-14-36-22(33)10-9-21(31)32/h6-8,11,15,20H,4-5,9-10,12-14H2,1-3H3,(H,31,32). The van der Waals surface area contributed by atoms with E-state index in [0.717, 1.165) is 22.1 Å². The maximum Gasteiger partial charge on any atom is 0.422 e. The lowest BCUT2D eigenvalue weighted by Crippen LogP contribution is -2.47. The lowest BCUT2D eigenvalue weighted by Gasteiger charge is -2.40. The molecule has 1 aromatic carbocycles. The van der Waals surface area contributed by atoms with Gasteiger partial charge in [-0.2, -0.15) is 0 Å². The Morgan fingerprint density at radius 3 is 2.54 bits per heavy atom. The van der Waals surface area contributed by atoms with Crippen molar-refractivity contribution in [1.29, 1.82) is 0 Å². The van der Waals surface area contributed by atoms with Crippen molar-refractivity contribution in [3.05, 3.63) is 40.0 Å². The van der Waals surface area contributed by atoms with Gasteiger partial charge in [-0.15, -0.1) is 0 Å². The van der Waals surface area contributed by atoms with Crippen LogP contribution in [0.1, 0.15) is 37.8 Å². The Kier molecular flexibility index (Phi) is 8.03. The number of rotatable bonds is 8. The molecule has 1 aliphatic heterocycles. The van der Waals surface area contributed by atoms with Gasteiger partial charge in [-0.1, -0.05) is 18.2 Å². The normalized spacial score (nSPS) is 18.6. The van der Waals surface area contributed by atoms with Gasteiger partial charge in [0.25, 0.3) is 0 Å². The van der Waals surface area contributed by atoms with Crippen molar-refractivity contribution in [2.75, 3.05) is 33.5 Å². The molecule has 2 atom stereocenters. The second kappa shape index (κ2) is 11.1. The van der Waals surface area contributed by atoms with Crippen LogP contribution in [0, 0.1) is 5.92 Å². The summed E-state index contributed by atoms with van der Waals surface area (Å²) in [6.07, 6.45) is 1.33. The predicted octanol–water partition coefficient (Wildman–Crippen LogP) is 3.49. The molecule has 0 fully saturated rings. The largest absolute Gasteiger partial charge is 0.481 e. The number of ether oxygens (including phenoxy) is 2. The summed E-state index contributed by atoms with van der Waals surface area (Å²) in [6, 6.07) is 5.74. The summed E-state index contributed by atoms with van der Waals surface area (Å²) < 4.78 is 12.0. The van der Waals surface area contributed by atoms with E-state index in [0.29, 0.717) is 36.2 Å². The zero-order valence-electron chi connectivity index (χ0n) is 21.0. The molecule has 1 aromatic heterocycles. The van der Waals surface area contributed by atoms with E-state index in [-0.39, 0.29) is 30.7 Å². The van der Waals surface area contributed by atoms with Crippen molar-refractivity contribution in [2.24, 2.45) is 5.92 Å². The maximum atomic E-state index is 13.2. The summed E-state index contributed by atoms with van der Waals surface area (Å²) in [5.41, 5.74) is 3.65. The summed E-state index contributed by atoms with van der Waals surface area (Å²) >= 11 is 3.58. The van der Waals surface area contributed by atoms with Crippen LogP contribution in [0.4, 0.5) is 4.79 Å². The van der Waals surface area contributed by atoms with Crippen LogP contribution in [0.15, 0.2) is 28.9 Å². The molecule has 0 radical (unpaired) electrons. The summed E-state index contributed by atoms with van der Waals surface area (Å²) in [6.45, 7) is 5.28. The number of esters is 1. The molecule has 10 nitrogen and oxygen atoms in total. The molecular formula is C26H30BrN3O7. The van der Waals surface area contributed by atoms with E-state index in [1.165, 1.54) is 4.57 Å². The molecule has 1 N–H and O–H groups in total. The lowest BCUT2D eigenvalue weighted by molar-refractivity contribution is -0.154. The predicted molar refractivity (Wildman–Crippen MR) is 139 cm³/mol. The molecule has 2 unspecified atom stereocenters. The van der Waals surface area contributed by atoms with E-state index in [1.54, 1.807) is 0 Å². The highest BCUT2D eigenvalue weighted by Crippen LogP contribution is 2.45. The second-order valence-electron chi connectivity index (χ2n) is 9.14. The lowest BCUT2D eigenvalue weighted by atomic mass is 9.79.